The molecule has 0 aliphatic rings. The minimum Gasteiger partial charge on any atom is -0.462 e. The quantitative estimate of drug-likeness (QED) is 0.635. The van der Waals surface area contributed by atoms with E-state index in [1.165, 1.54) is 6.92 Å². The van der Waals surface area contributed by atoms with Gasteiger partial charge in [0, 0.05) is 0 Å². The van der Waals surface area contributed by atoms with Gasteiger partial charge in [0.15, 0.2) is 5.69 Å². The van der Waals surface area contributed by atoms with Crippen LogP contribution >= 0.6 is 0 Å². The molecule has 0 bridgehead atoms. The Labute approximate surface area is 109 Å². The highest BCUT2D eigenvalue weighted by atomic mass is 19.4. The molecule has 0 radical (unpaired) electrons. The molecule has 108 valence electrons. The molecule has 4 nitrogen and oxygen atoms in total. The molecule has 0 saturated heterocycles. The lowest BCUT2D eigenvalue weighted by Crippen LogP contribution is -2.19. The summed E-state index contributed by atoms with van der Waals surface area (Å²) < 4.78 is 68.0. The van der Waals surface area contributed by atoms with Crippen LogP contribution in [0.25, 0.3) is 0 Å². The third kappa shape index (κ3) is 3.20. The van der Waals surface area contributed by atoms with Gasteiger partial charge < -0.3 is 4.74 Å². The Morgan fingerprint density at radius 3 is 2.50 bits per heavy atom. The van der Waals surface area contributed by atoms with Crippen molar-refractivity contribution in [2.45, 2.75) is 19.5 Å². The first-order valence-corrected chi connectivity index (χ1v) is 5.19. The van der Waals surface area contributed by atoms with E-state index < -0.39 is 41.1 Å². The van der Waals surface area contributed by atoms with Gasteiger partial charge in [-0.2, -0.15) is 18.4 Å². The monoisotopic (exact) mass is 294 g/mol. The van der Waals surface area contributed by atoms with E-state index in [0.717, 1.165) is 6.07 Å². The van der Waals surface area contributed by atoms with Crippen molar-refractivity contribution in [1.82, 2.24) is 4.98 Å². The summed E-state index contributed by atoms with van der Waals surface area (Å²) >= 11 is 0. The third-order valence-corrected chi connectivity index (χ3v) is 2.15. The number of carbonyl (C=O) groups is 1. The molecule has 0 aliphatic heterocycles. The van der Waals surface area contributed by atoms with E-state index in [1.807, 2.05) is 0 Å². The molecule has 0 amide bonds. The molecule has 0 aromatic carbocycles. The van der Waals surface area contributed by atoms with Crippen molar-refractivity contribution in [2.75, 3.05) is 6.61 Å². The van der Waals surface area contributed by atoms with Gasteiger partial charge >= 0.3 is 12.1 Å². The number of esters is 1. The first-order valence-electron chi connectivity index (χ1n) is 5.19. The maximum atomic E-state index is 12.8. The Balaban J connectivity index is 3.63. The van der Waals surface area contributed by atoms with Crippen LogP contribution in [0.4, 0.5) is 22.0 Å². The number of rotatable bonds is 3. The molecule has 0 N–H and O–H groups in total. The van der Waals surface area contributed by atoms with Crippen LogP contribution < -0.4 is 0 Å². The fourth-order valence-corrected chi connectivity index (χ4v) is 1.41. The van der Waals surface area contributed by atoms with Gasteiger partial charge in [0.25, 0.3) is 6.43 Å². The molecule has 0 spiro atoms. The zero-order valence-corrected chi connectivity index (χ0v) is 9.96. The summed E-state index contributed by atoms with van der Waals surface area (Å²) in [6.45, 7) is 1.09. The zero-order chi connectivity index (χ0) is 15.5. The molecule has 0 unspecified atom stereocenters. The Bertz CT molecular complexity index is 563. The van der Waals surface area contributed by atoms with Crippen molar-refractivity contribution in [3.8, 4) is 6.07 Å². The summed E-state index contributed by atoms with van der Waals surface area (Å²) in [6, 6.07) is 1.35. The highest BCUT2D eigenvalue weighted by Crippen LogP contribution is 2.35. The number of alkyl halides is 5. The summed E-state index contributed by atoms with van der Waals surface area (Å²) in [7, 11) is 0. The fraction of sp³-hybridized carbons (Fsp3) is 0.364. The standard InChI is InChI=1S/C11H7F5N2O2/c1-2-20-10(19)5-3-6(9(12)13)18-7(4-17)8(5)11(14,15)16/h3,9H,2H2,1H3. The van der Waals surface area contributed by atoms with Gasteiger partial charge in [-0.05, 0) is 13.0 Å². The van der Waals surface area contributed by atoms with E-state index in [-0.39, 0.29) is 12.7 Å². The van der Waals surface area contributed by atoms with Gasteiger partial charge in [-0.25, -0.2) is 18.6 Å². The number of carbonyl (C=O) groups excluding carboxylic acids is 1. The highest BCUT2D eigenvalue weighted by molar-refractivity contribution is 5.92. The lowest BCUT2D eigenvalue weighted by atomic mass is 10.0. The number of nitrogens with zero attached hydrogens (tertiary/aromatic N) is 2. The predicted molar refractivity (Wildman–Crippen MR) is 54.9 cm³/mol. The number of aromatic nitrogens is 1. The minimum absolute atomic E-state index is 0.246. The smallest absolute Gasteiger partial charge is 0.420 e. The normalized spacial score (nSPS) is 11.3. The average molecular weight is 294 g/mol. The summed E-state index contributed by atoms with van der Waals surface area (Å²) in [6.07, 6.45) is -8.32. The number of halogens is 5. The number of nitriles is 1. The summed E-state index contributed by atoms with van der Waals surface area (Å²) in [5, 5.41) is 8.61. The van der Waals surface area contributed by atoms with Crippen LogP contribution in [-0.2, 0) is 10.9 Å². The molecule has 9 heteroatoms. The lowest BCUT2D eigenvalue weighted by Gasteiger charge is -2.14. The SMILES string of the molecule is CCOC(=O)c1cc(C(F)F)nc(C#N)c1C(F)(F)F. The number of hydrogen-bond donors (Lipinski definition) is 0. The first-order chi connectivity index (χ1) is 9.22. The molecule has 1 rings (SSSR count). The Hall–Kier alpha value is -2.24. The summed E-state index contributed by atoms with van der Waals surface area (Å²) in [5.74, 6) is -1.44. The van der Waals surface area contributed by atoms with Crippen LogP contribution in [0.1, 0.15) is 40.7 Å². The summed E-state index contributed by atoms with van der Waals surface area (Å²) in [5.41, 5.74) is -5.22. The largest absolute Gasteiger partial charge is 0.462 e. The first kappa shape index (κ1) is 15.8. The topological polar surface area (TPSA) is 63.0 Å². The second-order valence-electron chi connectivity index (χ2n) is 3.45. The van der Waals surface area contributed by atoms with Crippen molar-refractivity contribution in [3.05, 3.63) is 28.6 Å². The molecule has 20 heavy (non-hydrogen) atoms. The number of ether oxygens (including phenoxy) is 1. The number of hydrogen-bond acceptors (Lipinski definition) is 4. The average Bonchev–Trinajstić information content (AvgIpc) is 2.36. The van der Waals surface area contributed by atoms with Crippen molar-refractivity contribution in [2.24, 2.45) is 0 Å². The van der Waals surface area contributed by atoms with Crippen LogP contribution in [0.15, 0.2) is 6.07 Å². The second kappa shape index (κ2) is 5.81. The van der Waals surface area contributed by atoms with Gasteiger partial charge in [-0.15, -0.1) is 0 Å². The van der Waals surface area contributed by atoms with Crippen molar-refractivity contribution in [1.29, 1.82) is 5.26 Å². The van der Waals surface area contributed by atoms with Gasteiger partial charge in [-0.1, -0.05) is 0 Å². The van der Waals surface area contributed by atoms with Gasteiger partial charge in [0.2, 0.25) is 0 Å². The predicted octanol–water partition coefficient (Wildman–Crippen LogP) is 3.09. The molecule has 1 aromatic rings. The van der Waals surface area contributed by atoms with Gasteiger partial charge in [-0.3, -0.25) is 0 Å². The van der Waals surface area contributed by atoms with Crippen LogP contribution in [0.5, 0.6) is 0 Å². The van der Waals surface area contributed by atoms with Crippen molar-refractivity contribution in [3.63, 3.8) is 0 Å². The maximum Gasteiger partial charge on any atom is 0.420 e. The molecule has 1 aromatic heterocycles. The zero-order valence-electron chi connectivity index (χ0n) is 9.96. The van der Waals surface area contributed by atoms with E-state index >= 15 is 0 Å². The molecule has 0 aliphatic carbocycles. The molecule has 0 saturated carbocycles. The van der Waals surface area contributed by atoms with Crippen LogP contribution in [-0.4, -0.2) is 17.6 Å². The van der Waals surface area contributed by atoms with Crippen LogP contribution in [0.2, 0.25) is 0 Å². The van der Waals surface area contributed by atoms with Gasteiger partial charge in [0.1, 0.15) is 17.3 Å². The van der Waals surface area contributed by atoms with Gasteiger partial charge in [0.05, 0.1) is 12.2 Å². The second-order valence-corrected chi connectivity index (χ2v) is 3.45. The molecule has 0 fully saturated rings. The van der Waals surface area contributed by atoms with E-state index in [4.69, 9.17) is 5.26 Å². The third-order valence-electron chi connectivity index (χ3n) is 2.15. The molecule has 1 heterocycles. The maximum absolute atomic E-state index is 12.8. The number of pyridine rings is 1. The molecule has 0 atom stereocenters. The van der Waals surface area contributed by atoms with E-state index in [1.54, 1.807) is 0 Å². The van der Waals surface area contributed by atoms with Crippen molar-refractivity contribution >= 4 is 5.97 Å². The fourth-order valence-electron chi connectivity index (χ4n) is 1.41. The van der Waals surface area contributed by atoms with Crippen LogP contribution in [0, 0.1) is 11.3 Å². The Kier molecular flexibility index (Phi) is 4.60. The van der Waals surface area contributed by atoms with Crippen molar-refractivity contribution < 1.29 is 31.5 Å². The molecular weight excluding hydrogens is 287 g/mol. The Morgan fingerprint density at radius 2 is 2.10 bits per heavy atom. The van der Waals surface area contributed by atoms with E-state index in [2.05, 4.69) is 9.72 Å². The Morgan fingerprint density at radius 1 is 1.50 bits per heavy atom. The molecular formula is C11H7F5N2O2. The van der Waals surface area contributed by atoms with E-state index in [9.17, 15) is 26.7 Å². The minimum atomic E-state index is -5.10. The lowest BCUT2D eigenvalue weighted by molar-refractivity contribution is -0.138. The highest BCUT2D eigenvalue weighted by Gasteiger charge is 2.40. The summed E-state index contributed by atoms with van der Waals surface area (Å²) in [4.78, 5) is 14.4. The van der Waals surface area contributed by atoms with Crippen LogP contribution in [0.3, 0.4) is 0 Å². The van der Waals surface area contributed by atoms with E-state index in [0.29, 0.717) is 0 Å².